The van der Waals surface area contributed by atoms with Gasteiger partial charge >= 0.3 is 0 Å². The molecule has 1 rings (SSSR count). The maximum atomic E-state index is 5.62. The molecule has 0 unspecified atom stereocenters. The molecule has 1 aromatic carbocycles. The van der Waals surface area contributed by atoms with Crippen LogP contribution in [-0.2, 0) is 6.42 Å². The monoisotopic (exact) mass is 310 g/mol. The molecule has 66 valence electrons. The number of benzene rings is 1. The van der Waals surface area contributed by atoms with Crippen molar-refractivity contribution in [2.45, 2.75) is 12.8 Å². The summed E-state index contributed by atoms with van der Waals surface area (Å²) in [4.78, 5) is 0. The van der Waals surface area contributed by atoms with E-state index in [-0.39, 0.29) is 0 Å². The molecule has 0 spiro atoms. The minimum atomic E-state index is 0.721. The van der Waals surface area contributed by atoms with E-state index in [1.807, 2.05) is 12.1 Å². The summed E-state index contributed by atoms with van der Waals surface area (Å²) in [6.45, 7) is 0. The van der Waals surface area contributed by atoms with E-state index >= 15 is 0 Å². The van der Waals surface area contributed by atoms with Gasteiger partial charge in [0.2, 0.25) is 0 Å². The second-order valence-corrected chi connectivity index (χ2v) is 4.53. The normalized spacial score (nSPS) is 10.2. The third-order valence-electron chi connectivity index (χ3n) is 1.61. The minimum Gasteiger partial charge on any atom is -0.127 e. The largest absolute Gasteiger partial charge is 0.127 e. The molecule has 0 fully saturated rings. The van der Waals surface area contributed by atoms with Gasteiger partial charge in [-0.15, -0.1) is 11.6 Å². The number of hydrogen-bond donors (Lipinski definition) is 0. The summed E-state index contributed by atoms with van der Waals surface area (Å²) >= 11 is 12.6. The van der Waals surface area contributed by atoms with Gasteiger partial charge in [0.25, 0.3) is 0 Å². The Kier molecular flexibility index (Phi) is 4.62. The molecule has 0 aliphatic carbocycles. The van der Waals surface area contributed by atoms with Crippen LogP contribution in [0.3, 0.4) is 0 Å². The zero-order chi connectivity index (χ0) is 8.97. The quantitative estimate of drug-likeness (QED) is 0.727. The van der Waals surface area contributed by atoms with Crippen molar-refractivity contribution in [3.05, 3.63) is 32.7 Å². The van der Waals surface area contributed by atoms with E-state index in [2.05, 4.69) is 37.9 Å². The van der Waals surface area contributed by atoms with Gasteiger partial charge in [0, 0.05) is 14.8 Å². The fourth-order valence-electron chi connectivity index (χ4n) is 0.999. The molecule has 0 aromatic heterocycles. The summed E-state index contributed by atoms with van der Waals surface area (Å²) in [6, 6.07) is 6.17. The van der Waals surface area contributed by atoms with Crippen LogP contribution in [0, 0.1) is 0 Å². The van der Waals surface area contributed by atoms with Gasteiger partial charge in [-0.2, -0.15) is 0 Å². The highest BCUT2D eigenvalue weighted by Crippen LogP contribution is 2.27. The lowest BCUT2D eigenvalue weighted by molar-refractivity contribution is 0.922. The molecule has 0 bridgehead atoms. The first kappa shape index (κ1) is 10.6. The van der Waals surface area contributed by atoms with Crippen LogP contribution in [0.1, 0.15) is 12.0 Å². The molecule has 12 heavy (non-hydrogen) atoms. The van der Waals surface area contributed by atoms with Crippen LogP contribution >= 0.6 is 43.5 Å². The zero-order valence-electron chi connectivity index (χ0n) is 6.49. The van der Waals surface area contributed by atoms with Crippen molar-refractivity contribution in [1.82, 2.24) is 0 Å². The van der Waals surface area contributed by atoms with Crippen LogP contribution in [0.2, 0.25) is 0 Å². The molecule has 0 aliphatic rings. The van der Waals surface area contributed by atoms with Crippen LogP contribution in [0.4, 0.5) is 0 Å². The van der Waals surface area contributed by atoms with Crippen LogP contribution < -0.4 is 0 Å². The first-order valence-corrected chi connectivity index (χ1v) is 5.86. The highest BCUT2D eigenvalue weighted by molar-refractivity contribution is 9.13. The number of hydrogen-bond acceptors (Lipinski definition) is 0. The predicted octanol–water partition coefficient (Wildman–Crippen LogP) is 4.38. The van der Waals surface area contributed by atoms with Crippen molar-refractivity contribution in [3.8, 4) is 0 Å². The summed E-state index contributed by atoms with van der Waals surface area (Å²) in [5.41, 5.74) is 1.31. The van der Waals surface area contributed by atoms with Crippen molar-refractivity contribution >= 4 is 43.5 Å². The maximum absolute atomic E-state index is 5.62. The molecule has 0 N–H and O–H groups in total. The SMILES string of the molecule is ClCCCc1cccc(Br)c1Br. The maximum Gasteiger partial charge on any atom is 0.0349 e. The molecular weight excluding hydrogens is 303 g/mol. The molecular formula is C9H9Br2Cl. The summed E-state index contributed by atoms with van der Waals surface area (Å²) in [7, 11) is 0. The molecule has 1 aromatic rings. The van der Waals surface area contributed by atoms with Crippen LogP contribution in [0.5, 0.6) is 0 Å². The predicted molar refractivity (Wildman–Crippen MR) is 60.9 cm³/mol. The van der Waals surface area contributed by atoms with Gasteiger partial charge in [-0.3, -0.25) is 0 Å². The van der Waals surface area contributed by atoms with Gasteiger partial charge in [0.1, 0.15) is 0 Å². The van der Waals surface area contributed by atoms with E-state index in [4.69, 9.17) is 11.6 Å². The lowest BCUT2D eigenvalue weighted by Crippen LogP contribution is -1.88. The average molecular weight is 312 g/mol. The van der Waals surface area contributed by atoms with Crippen molar-refractivity contribution in [3.63, 3.8) is 0 Å². The first-order chi connectivity index (χ1) is 5.75. The first-order valence-electron chi connectivity index (χ1n) is 3.74. The van der Waals surface area contributed by atoms with E-state index in [0.29, 0.717) is 0 Å². The summed E-state index contributed by atoms with van der Waals surface area (Å²) in [5, 5.41) is 0. The van der Waals surface area contributed by atoms with E-state index in [0.717, 1.165) is 27.7 Å². The van der Waals surface area contributed by atoms with Crippen molar-refractivity contribution in [2.24, 2.45) is 0 Å². The Morgan fingerprint density at radius 3 is 2.67 bits per heavy atom. The molecule has 0 amide bonds. The number of rotatable bonds is 3. The van der Waals surface area contributed by atoms with E-state index in [1.54, 1.807) is 0 Å². The molecule has 0 radical (unpaired) electrons. The summed E-state index contributed by atoms with van der Waals surface area (Å²) in [6.07, 6.45) is 2.06. The number of aryl methyl sites for hydroxylation is 1. The molecule has 0 saturated carbocycles. The van der Waals surface area contributed by atoms with Gasteiger partial charge in [0.15, 0.2) is 0 Å². The van der Waals surface area contributed by atoms with Gasteiger partial charge in [-0.25, -0.2) is 0 Å². The molecule has 0 heterocycles. The van der Waals surface area contributed by atoms with Crippen molar-refractivity contribution in [1.29, 1.82) is 0 Å². The fourth-order valence-corrected chi connectivity index (χ4v) is 2.00. The van der Waals surface area contributed by atoms with E-state index in [1.165, 1.54) is 5.56 Å². The molecule has 0 aliphatic heterocycles. The van der Waals surface area contributed by atoms with Crippen LogP contribution in [0.25, 0.3) is 0 Å². The summed E-state index contributed by atoms with van der Waals surface area (Å²) in [5.74, 6) is 0.721. The highest BCUT2D eigenvalue weighted by Gasteiger charge is 2.01. The Balaban J connectivity index is 2.78. The van der Waals surface area contributed by atoms with Crippen molar-refractivity contribution < 1.29 is 0 Å². The Labute approximate surface area is 94.6 Å². The number of halogens is 3. The van der Waals surface area contributed by atoms with Gasteiger partial charge in [-0.1, -0.05) is 12.1 Å². The van der Waals surface area contributed by atoms with Gasteiger partial charge in [-0.05, 0) is 56.3 Å². The molecule has 0 nitrogen and oxygen atoms in total. The molecule has 0 atom stereocenters. The van der Waals surface area contributed by atoms with Crippen LogP contribution in [0.15, 0.2) is 27.1 Å². The Hall–Kier alpha value is 0.470. The Morgan fingerprint density at radius 2 is 2.00 bits per heavy atom. The lowest BCUT2D eigenvalue weighted by Gasteiger charge is -2.03. The Morgan fingerprint density at radius 1 is 1.25 bits per heavy atom. The highest BCUT2D eigenvalue weighted by atomic mass is 79.9. The van der Waals surface area contributed by atoms with Gasteiger partial charge < -0.3 is 0 Å². The molecule has 3 heteroatoms. The smallest absolute Gasteiger partial charge is 0.0349 e. The standard InChI is InChI=1S/C9H9Br2Cl/c10-8-5-1-3-7(9(8)11)4-2-6-12/h1,3,5H,2,4,6H2. The molecule has 0 saturated heterocycles. The second-order valence-electron chi connectivity index (χ2n) is 2.51. The van der Waals surface area contributed by atoms with Gasteiger partial charge in [0.05, 0.1) is 0 Å². The van der Waals surface area contributed by atoms with E-state index in [9.17, 15) is 0 Å². The zero-order valence-corrected chi connectivity index (χ0v) is 10.4. The third kappa shape index (κ3) is 2.75. The topological polar surface area (TPSA) is 0 Å². The minimum absolute atomic E-state index is 0.721. The Bertz CT molecular complexity index is 261. The second kappa shape index (κ2) is 5.25. The third-order valence-corrected chi connectivity index (χ3v) is 4.01. The number of alkyl halides is 1. The lowest BCUT2D eigenvalue weighted by atomic mass is 10.1. The van der Waals surface area contributed by atoms with E-state index < -0.39 is 0 Å². The van der Waals surface area contributed by atoms with Crippen molar-refractivity contribution in [2.75, 3.05) is 5.88 Å². The fraction of sp³-hybridized carbons (Fsp3) is 0.333. The van der Waals surface area contributed by atoms with Crippen LogP contribution in [-0.4, -0.2) is 5.88 Å². The summed E-state index contributed by atoms with van der Waals surface area (Å²) < 4.78 is 2.25. The average Bonchev–Trinajstić information content (AvgIpc) is 2.08.